The first kappa shape index (κ1) is 19.6. The summed E-state index contributed by atoms with van der Waals surface area (Å²) in [5, 5.41) is 0.457. The number of carbonyl (C=O) groups excluding carboxylic acids is 1. The molecule has 1 amide bonds. The van der Waals surface area contributed by atoms with E-state index in [0.29, 0.717) is 28.6 Å². The Morgan fingerprint density at radius 2 is 1.94 bits per heavy atom. The molecule has 1 saturated heterocycles. The van der Waals surface area contributed by atoms with E-state index >= 15 is 0 Å². The minimum atomic E-state index is -0.198. The van der Waals surface area contributed by atoms with Crippen molar-refractivity contribution in [1.29, 1.82) is 0 Å². The van der Waals surface area contributed by atoms with Gasteiger partial charge in [0.25, 0.3) is 5.91 Å². The first-order chi connectivity index (χ1) is 15.1. The number of halogens is 1. The number of nitrogens with zero attached hydrogens (tertiary/aromatic N) is 2. The van der Waals surface area contributed by atoms with E-state index in [0.717, 1.165) is 35.2 Å². The van der Waals surface area contributed by atoms with Gasteiger partial charge in [-0.25, -0.2) is 4.98 Å². The van der Waals surface area contributed by atoms with Gasteiger partial charge in [-0.2, -0.15) is 0 Å². The van der Waals surface area contributed by atoms with Crippen molar-refractivity contribution < 1.29 is 13.9 Å². The predicted octanol–water partition coefficient (Wildman–Crippen LogP) is 6.13. The van der Waals surface area contributed by atoms with Crippen LogP contribution in [0.3, 0.4) is 0 Å². The predicted molar refractivity (Wildman–Crippen MR) is 120 cm³/mol. The molecule has 1 fully saturated rings. The molecule has 2 heterocycles. The van der Waals surface area contributed by atoms with Gasteiger partial charge in [0.05, 0.1) is 17.7 Å². The summed E-state index contributed by atoms with van der Waals surface area (Å²) in [6.07, 6.45) is 1.71. The zero-order chi connectivity index (χ0) is 21.4. The summed E-state index contributed by atoms with van der Waals surface area (Å²) in [5.41, 5.74) is 4.06. The second kappa shape index (κ2) is 8.08. The molecule has 1 aromatic heterocycles. The lowest BCUT2D eigenvalue weighted by Gasteiger charge is -2.22. The molecule has 3 aromatic carbocycles. The molecule has 6 heteroatoms. The van der Waals surface area contributed by atoms with Crippen LogP contribution in [0.5, 0.6) is 5.75 Å². The van der Waals surface area contributed by atoms with Gasteiger partial charge in [0.2, 0.25) is 5.89 Å². The zero-order valence-corrected chi connectivity index (χ0v) is 17.8. The van der Waals surface area contributed by atoms with E-state index in [4.69, 9.17) is 25.7 Å². The molecule has 0 N–H and O–H groups in total. The van der Waals surface area contributed by atoms with Crippen molar-refractivity contribution in [2.45, 2.75) is 18.9 Å². The topological polar surface area (TPSA) is 55.6 Å². The number of aromatic nitrogens is 1. The van der Waals surface area contributed by atoms with Crippen molar-refractivity contribution in [2.75, 3.05) is 13.7 Å². The van der Waals surface area contributed by atoms with Crippen molar-refractivity contribution in [3.05, 3.63) is 83.2 Å². The number of hydrogen-bond acceptors (Lipinski definition) is 4. The highest BCUT2D eigenvalue weighted by Crippen LogP contribution is 2.36. The zero-order valence-electron chi connectivity index (χ0n) is 17.0. The summed E-state index contributed by atoms with van der Waals surface area (Å²) < 4.78 is 11.4. The molecule has 5 rings (SSSR count). The number of hydrogen-bond donors (Lipinski definition) is 0. The SMILES string of the molecule is COc1cccc(-c2ccc3oc(C4CCCN4C(=O)c4ccccc4Cl)nc3c2)c1. The molecule has 156 valence electrons. The standard InChI is InChI=1S/C25H21ClN2O3/c1-30-18-7-4-6-16(14-18)17-11-12-23-21(15-17)27-24(31-23)22-10-5-13-28(22)25(29)19-8-2-3-9-20(19)26/h2-4,6-9,11-12,14-15,22H,5,10,13H2,1H3. The largest absolute Gasteiger partial charge is 0.497 e. The Bertz CT molecular complexity index is 1270. The van der Waals surface area contributed by atoms with E-state index < -0.39 is 0 Å². The van der Waals surface area contributed by atoms with E-state index in [2.05, 4.69) is 0 Å². The fourth-order valence-electron chi connectivity index (χ4n) is 4.13. The van der Waals surface area contributed by atoms with Crippen LogP contribution in [-0.4, -0.2) is 29.4 Å². The van der Waals surface area contributed by atoms with Crippen LogP contribution in [-0.2, 0) is 0 Å². The fourth-order valence-corrected chi connectivity index (χ4v) is 4.34. The van der Waals surface area contributed by atoms with Crippen LogP contribution in [0.2, 0.25) is 5.02 Å². The van der Waals surface area contributed by atoms with Crippen LogP contribution in [0, 0.1) is 0 Å². The van der Waals surface area contributed by atoms with Crippen LogP contribution in [0.4, 0.5) is 0 Å². The molecular weight excluding hydrogens is 412 g/mol. The normalized spacial score (nSPS) is 16.1. The summed E-state index contributed by atoms with van der Waals surface area (Å²) in [7, 11) is 1.66. The summed E-state index contributed by atoms with van der Waals surface area (Å²) >= 11 is 6.26. The molecule has 1 aliphatic rings. The first-order valence-corrected chi connectivity index (χ1v) is 10.6. The lowest BCUT2D eigenvalue weighted by atomic mass is 10.1. The van der Waals surface area contributed by atoms with Crippen LogP contribution < -0.4 is 4.74 Å². The second-order valence-electron chi connectivity index (χ2n) is 7.60. The quantitative estimate of drug-likeness (QED) is 0.389. The Morgan fingerprint density at radius 3 is 2.77 bits per heavy atom. The molecule has 0 saturated carbocycles. The first-order valence-electron chi connectivity index (χ1n) is 10.2. The highest BCUT2D eigenvalue weighted by atomic mass is 35.5. The molecule has 1 unspecified atom stereocenters. The van der Waals surface area contributed by atoms with Gasteiger partial charge in [-0.05, 0) is 60.4 Å². The van der Waals surface area contributed by atoms with Crippen molar-refractivity contribution in [1.82, 2.24) is 9.88 Å². The van der Waals surface area contributed by atoms with Crippen LogP contribution in [0.1, 0.15) is 35.1 Å². The summed E-state index contributed by atoms with van der Waals surface area (Å²) in [6, 6.07) is 20.8. The molecule has 31 heavy (non-hydrogen) atoms. The van der Waals surface area contributed by atoms with E-state index in [-0.39, 0.29) is 11.9 Å². The lowest BCUT2D eigenvalue weighted by molar-refractivity contribution is 0.0717. The number of methoxy groups -OCH3 is 1. The molecule has 0 bridgehead atoms. The third-order valence-electron chi connectivity index (χ3n) is 5.71. The Balaban J connectivity index is 1.47. The van der Waals surface area contributed by atoms with Crippen molar-refractivity contribution in [2.24, 2.45) is 0 Å². The number of likely N-dealkylation sites (tertiary alicyclic amines) is 1. The molecular formula is C25H21ClN2O3. The van der Waals surface area contributed by atoms with Gasteiger partial charge in [0.15, 0.2) is 5.58 Å². The molecule has 0 aliphatic carbocycles. The van der Waals surface area contributed by atoms with E-state index in [1.807, 2.05) is 59.5 Å². The smallest absolute Gasteiger partial charge is 0.256 e. The molecule has 0 spiro atoms. The lowest BCUT2D eigenvalue weighted by Crippen LogP contribution is -2.30. The fraction of sp³-hybridized carbons (Fsp3) is 0.200. The molecule has 1 atom stereocenters. The average Bonchev–Trinajstić information content (AvgIpc) is 3.45. The maximum Gasteiger partial charge on any atom is 0.256 e. The Kier molecular flexibility index (Phi) is 5.12. The molecule has 4 aromatic rings. The molecule has 1 aliphatic heterocycles. The highest BCUT2D eigenvalue weighted by Gasteiger charge is 2.34. The van der Waals surface area contributed by atoms with Crippen molar-refractivity contribution >= 4 is 28.6 Å². The summed E-state index contributed by atoms with van der Waals surface area (Å²) in [5.74, 6) is 1.28. The van der Waals surface area contributed by atoms with Gasteiger partial charge in [-0.1, -0.05) is 41.9 Å². The maximum absolute atomic E-state index is 13.1. The van der Waals surface area contributed by atoms with E-state index in [9.17, 15) is 4.79 Å². The summed E-state index contributed by atoms with van der Waals surface area (Å²) in [4.78, 5) is 19.7. The Hall–Kier alpha value is -3.31. The number of amides is 1. The van der Waals surface area contributed by atoms with Crippen LogP contribution in [0.25, 0.3) is 22.2 Å². The van der Waals surface area contributed by atoms with Gasteiger partial charge in [-0.3, -0.25) is 4.79 Å². The van der Waals surface area contributed by atoms with Gasteiger partial charge < -0.3 is 14.1 Å². The van der Waals surface area contributed by atoms with E-state index in [1.165, 1.54) is 0 Å². The Morgan fingerprint density at radius 1 is 1.10 bits per heavy atom. The minimum absolute atomic E-state index is 0.0903. The highest BCUT2D eigenvalue weighted by molar-refractivity contribution is 6.33. The van der Waals surface area contributed by atoms with Gasteiger partial charge in [-0.15, -0.1) is 0 Å². The Labute approximate surface area is 185 Å². The monoisotopic (exact) mass is 432 g/mol. The number of carbonyl (C=O) groups is 1. The van der Waals surface area contributed by atoms with Gasteiger partial charge in [0, 0.05) is 6.54 Å². The summed E-state index contributed by atoms with van der Waals surface area (Å²) in [6.45, 7) is 0.655. The molecule has 5 nitrogen and oxygen atoms in total. The maximum atomic E-state index is 13.1. The van der Waals surface area contributed by atoms with Gasteiger partial charge >= 0.3 is 0 Å². The second-order valence-corrected chi connectivity index (χ2v) is 8.01. The third-order valence-corrected chi connectivity index (χ3v) is 6.04. The van der Waals surface area contributed by atoms with Crippen molar-refractivity contribution in [3.8, 4) is 16.9 Å². The minimum Gasteiger partial charge on any atom is -0.497 e. The van der Waals surface area contributed by atoms with Crippen molar-refractivity contribution in [3.63, 3.8) is 0 Å². The number of fused-ring (bicyclic) bond motifs is 1. The number of ether oxygens (including phenoxy) is 1. The van der Waals surface area contributed by atoms with Crippen LogP contribution >= 0.6 is 11.6 Å². The third kappa shape index (κ3) is 3.66. The average molecular weight is 433 g/mol. The number of benzene rings is 3. The van der Waals surface area contributed by atoms with Gasteiger partial charge in [0.1, 0.15) is 17.3 Å². The molecule has 0 radical (unpaired) electrons. The van der Waals surface area contributed by atoms with Crippen LogP contribution in [0.15, 0.2) is 71.1 Å². The number of rotatable bonds is 4. The number of oxazole rings is 1. The van der Waals surface area contributed by atoms with E-state index in [1.54, 1.807) is 19.2 Å².